The average molecular weight is 326 g/mol. The van der Waals surface area contributed by atoms with Crippen molar-refractivity contribution in [1.82, 2.24) is 4.98 Å². The van der Waals surface area contributed by atoms with Gasteiger partial charge in [0.25, 0.3) is 5.91 Å². The Bertz CT molecular complexity index is 571. The summed E-state index contributed by atoms with van der Waals surface area (Å²) in [5.41, 5.74) is 0.530. The summed E-state index contributed by atoms with van der Waals surface area (Å²) in [4.78, 5) is 38.6. The first-order valence-corrected chi connectivity index (χ1v) is 7.94. The van der Waals surface area contributed by atoms with Gasteiger partial charge in [-0.05, 0) is 19.3 Å². The standard InChI is InChI=1S/C14H18N2O5S/c1-3-20-12(18)5-9-7-22-14(15-9)16-11(17)6-21-13(19)10-4-8(10)2/h7-8,10H,3-6H2,1-2H3,(H,15,16,17)/t8-,10+/m1/s1. The zero-order valence-corrected chi connectivity index (χ0v) is 13.3. The fraction of sp³-hybridized carbons (Fsp3) is 0.571. The summed E-state index contributed by atoms with van der Waals surface area (Å²) in [5, 5.41) is 4.56. The van der Waals surface area contributed by atoms with Crippen LogP contribution in [0.4, 0.5) is 5.13 Å². The number of rotatable bonds is 7. The smallest absolute Gasteiger partial charge is 0.311 e. The van der Waals surface area contributed by atoms with E-state index in [1.807, 2.05) is 6.92 Å². The van der Waals surface area contributed by atoms with E-state index in [1.54, 1.807) is 12.3 Å². The molecule has 2 atom stereocenters. The van der Waals surface area contributed by atoms with Gasteiger partial charge in [-0.1, -0.05) is 6.92 Å². The molecule has 0 radical (unpaired) electrons. The minimum atomic E-state index is -0.446. The molecule has 7 nitrogen and oxygen atoms in total. The Labute approximate surface area is 132 Å². The fourth-order valence-corrected chi connectivity index (χ4v) is 2.58. The highest BCUT2D eigenvalue weighted by molar-refractivity contribution is 7.13. The van der Waals surface area contributed by atoms with Crippen molar-refractivity contribution in [1.29, 1.82) is 0 Å². The molecular formula is C14H18N2O5S. The van der Waals surface area contributed by atoms with Crippen LogP contribution in [0.5, 0.6) is 0 Å². The number of nitrogens with one attached hydrogen (secondary N) is 1. The lowest BCUT2D eigenvalue weighted by Gasteiger charge is -2.03. The van der Waals surface area contributed by atoms with Crippen LogP contribution in [0, 0.1) is 11.8 Å². The van der Waals surface area contributed by atoms with Crippen molar-refractivity contribution in [2.24, 2.45) is 11.8 Å². The first-order valence-electron chi connectivity index (χ1n) is 7.06. The SMILES string of the molecule is CCOC(=O)Cc1csc(NC(=O)COC(=O)[C@H]2C[C@H]2C)n1. The molecule has 8 heteroatoms. The Kier molecular flexibility index (Phi) is 5.48. The minimum absolute atomic E-state index is 0.0643. The van der Waals surface area contributed by atoms with E-state index < -0.39 is 5.91 Å². The molecule has 1 heterocycles. The molecule has 1 aromatic rings. The summed E-state index contributed by atoms with van der Waals surface area (Å²) in [5.74, 6) is -0.856. The second kappa shape index (κ2) is 7.35. The molecule has 0 bridgehead atoms. The number of amides is 1. The molecule has 0 aromatic carbocycles. The molecule has 1 aliphatic carbocycles. The van der Waals surface area contributed by atoms with Crippen molar-refractivity contribution in [2.45, 2.75) is 26.7 Å². The van der Waals surface area contributed by atoms with E-state index in [2.05, 4.69) is 10.3 Å². The second-order valence-corrected chi connectivity index (χ2v) is 5.96. The van der Waals surface area contributed by atoms with Crippen molar-refractivity contribution in [2.75, 3.05) is 18.5 Å². The molecular weight excluding hydrogens is 308 g/mol. The summed E-state index contributed by atoms with van der Waals surface area (Å²) in [6, 6.07) is 0. The molecule has 120 valence electrons. The zero-order valence-electron chi connectivity index (χ0n) is 12.5. The van der Waals surface area contributed by atoms with Crippen LogP contribution in [0.3, 0.4) is 0 Å². The van der Waals surface area contributed by atoms with Gasteiger partial charge in [-0.3, -0.25) is 19.7 Å². The normalized spacial score (nSPS) is 19.4. The molecule has 1 N–H and O–H groups in total. The van der Waals surface area contributed by atoms with Crippen LogP contribution in [0.25, 0.3) is 0 Å². The van der Waals surface area contributed by atoms with Gasteiger partial charge in [0, 0.05) is 5.38 Å². The molecule has 1 aromatic heterocycles. The Morgan fingerprint density at radius 3 is 2.77 bits per heavy atom. The molecule has 1 aliphatic rings. The van der Waals surface area contributed by atoms with Gasteiger partial charge in [0.1, 0.15) is 0 Å². The van der Waals surface area contributed by atoms with Crippen molar-refractivity contribution in [3.8, 4) is 0 Å². The van der Waals surface area contributed by atoms with Crippen molar-refractivity contribution in [3.63, 3.8) is 0 Å². The van der Waals surface area contributed by atoms with E-state index >= 15 is 0 Å². The monoisotopic (exact) mass is 326 g/mol. The minimum Gasteiger partial charge on any atom is -0.466 e. The highest BCUT2D eigenvalue weighted by Gasteiger charge is 2.40. The number of hydrogen-bond donors (Lipinski definition) is 1. The van der Waals surface area contributed by atoms with Crippen molar-refractivity contribution < 1.29 is 23.9 Å². The molecule has 0 aliphatic heterocycles. The van der Waals surface area contributed by atoms with E-state index in [-0.39, 0.29) is 30.9 Å². The predicted octanol–water partition coefficient (Wildman–Crippen LogP) is 1.39. The number of esters is 2. The van der Waals surface area contributed by atoms with E-state index in [4.69, 9.17) is 9.47 Å². The lowest BCUT2D eigenvalue weighted by Crippen LogP contribution is -2.21. The zero-order chi connectivity index (χ0) is 16.1. The number of aromatic nitrogens is 1. The third-order valence-electron chi connectivity index (χ3n) is 3.19. The van der Waals surface area contributed by atoms with Crippen LogP contribution in [-0.4, -0.2) is 36.0 Å². The molecule has 0 unspecified atom stereocenters. The summed E-state index contributed by atoms with van der Waals surface area (Å²) in [6.07, 6.45) is 0.888. The first-order chi connectivity index (χ1) is 10.5. The summed E-state index contributed by atoms with van der Waals surface area (Å²) in [6.45, 7) is 3.69. The Balaban J connectivity index is 1.73. The van der Waals surface area contributed by atoms with Crippen LogP contribution in [0.2, 0.25) is 0 Å². The number of carbonyl (C=O) groups is 3. The highest BCUT2D eigenvalue weighted by atomic mass is 32.1. The van der Waals surface area contributed by atoms with Gasteiger partial charge in [-0.2, -0.15) is 0 Å². The third-order valence-corrected chi connectivity index (χ3v) is 3.99. The number of ether oxygens (including phenoxy) is 2. The van der Waals surface area contributed by atoms with Crippen LogP contribution < -0.4 is 5.32 Å². The van der Waals surface area contributed by atoms with Crippen LogP contribution in [0.1, 0.15) is 26.0 Å². The van der Waals surface area contributed by atoms with Gasteiger partial charge >= 0.3 is 11.9 Å². The van der Waals surface area contributed by atoms with E-state index in [0.717, 1.165) is 6.42 Å². The predicted molar refractivity (Wildman–Crippen MR) is 79.3 cm³/mol. The maximum Gasteiger partial charge on any atom is 0.311 e. The molecule has 0 spiro atoms. The lowest BCUT2D eigenvalue weighted by molar-refractivity contribution is -0.148. The molecule has 1 amide bonds. The van der Waals surface area contributed by atoms with Gasteiger partial charge in [0.15, 0.2) is 11.7 Å². The second-order valence-electron chi connectivity index (χ2n) is 5.10. The van der Waals surface area contributed by atoms with Gasteiger partial charge in [0.2, 0.25) is 0 Å². The Hall–Kier alpha value is -1.96. The quantitative estimate of drug-likeness (QED) is 0.761. The average Bonchev–Trinajstić information content (AvgIpc) is 3.04. The molecule has 1 saturated carbocycles. The van der Waals surface area contributed by atoms with Crippen LogP contribution in [0.15, 0.2) is 5.38 Å². The largest absolute Gasteiger partial charge is 0.466 e. The van der Waals surface area contributed by atoms with Crippen LogP contribution in [-0.2, 0) is 30.3 Å². The Morgan fingerprint density at radius 1 is 1.41 bits per heavy atom. The number of hydrogen-bond acceptors (Lipinski definition) is 7. The molecule has 2 rings (SSSR count). The van der Waals surface area contributed by atoms with Gasteiger partial charge in [-0.25, -0.2) is 4.98 Å². The van der Waals surface area contributed by atoms with Crippen LogP contribution >= 0.6 is 11.3 Å². The third kappa shape index (κ3) is 4.80. The molecule has 1 fully saturated rings. The van der Waals surface area contributed by atoms with Gasteiger partial charge in [0.05, 0.1) is 24.6 Å². The topological polar surface area (TPSA) is 94.6 Å². The van der Waals surface area contributed by atoms with E-state index in [1.165, 1.54) is 11.3 Å². The maximum absolute atomic E-state index is 11.7. The molecule has 22 heavy (non-hydrogen) atoms. The number of carbonyl (C=O) groups excluding carboxylic acids is 3. The van der Waals surface area contributed by atoms with Gasteiger partial charge in [-0.15, -0.1) is 11.3 Å². The number of thiazole rings is 1. The molecule has 0 saturated heterocycles. The number of anilines is 1. The Morgan fingerprint density at radius 2 is 2.14 bits per heavy atom. The maximum atomic E-state index is 11.7. The fourth-order valence-electron chi connectivity index (χ4n) is 1.86. The first kappa shape index (κ1) is 16.4. The van der Waals surface area contributed by atoms with E-state index in [0.29, 0.717) is 23.4 Å². The van der Waals surface area contributed by atoms with E-state index in [9.17, 15) is 14.4 Å². The number of nitrogens with zero attached hydrogens (tertiary/aromatic N) is 1. The summed E-state index contributed by atoms with van der Waals surface area (Å²) >= 11 is 1.20. The highest BCUT2D eigenvalue weighted by Crippen LogP contribution is 2.38. The summed E-state index contributed by atoms with van der Waals surface area (Å²) < 4.78 is 9.74. The summed E-state index contributed by atoms with van der Waals surface area (Å²) in [7, 11) is 0. The lowest BCUT2D eigenvalue weighted by atomic mass is 10.3. The van der Waals surface area contributed by atoms with Crippen molar-refractivity contribution >= 4 is 34.3 Å². The van der Waals surface area contributed by atoms with Gasteiger partial charge < -0.3 is 9.47 Å². The van der Waals surface area contributed by atoms with Crippen molar-refractivity contribution in [3.05, 3.63) is 11.1 Å².